The van der Waals surface area contributed by atoms with Gasteiger partial charge in [0.25, 0.3) is 5.69 Å². The lowest BCUT2D eigenvalue weighted by Gasteiger charge is -2.33. The Morgan fingerprint density at radius 1 is 0.829 bits per heavy atom. The topological polar surface area (TPSA) is 107 Å². The normalized spacial score (nSPS) is 11.6. The lowest BCUT2D eigenvalue weighted by Crippen LogP contribution is -2.30. The molecule has 1 amide bonds. The van der Waals surface area contributed by atoms with Gasteiger partial charge in [0.1, 0.15) is 6.61 Å². The maximum Gasteiger partial charge on any atom is 0.419 e. The maximum absolute atomic E-state index is 13.7. The van der Waals surface area contributed by atoms with Crippen LogP contribution in [0, 0.1) is 10.1 Å². The Kier molecular flexibility index (Phi) is 9.06. The number of anilines is 4. The maximum atomic E-state index is 13.7. The molecule has 0 radical (unpaired) electrons. The number of nitro groups is 1. The molecule has 0 atom stereocenters. The second-order valence-corrected chi connectivity index (χ2v) is 9.23. The number of ether oxygens (including phenoxy) is 4. The van der Waals surface area contributed by atoms with E-state index in [4.69, 9.17) is 18.9 Å². The molecule has 11 heteroatoms. The number of benzene rings is 3. The third kappa shape index (κ3) is 5.79. The number of nitrogens with zero attached hydrogens (tertiary/aromatic N) is 4. The van der Waals surface area contributed by atoms with E-state index in [-0.39, 0.29) is 23.6 Å². The summed E-state index contributed by atoms with van der Waals surface area (Å²) in [7, 11) is 2.83. The van der Waals surface area contributed by atoms with Crippen LogP contribution in [-0.2, 0) is 11.3 Å². The van der Waals surface area contributed by atoms with E-state index in [2.05, 4.69) is 37.5 Å². The minimum absolute atomic E-state index is 0.170. The van der Waals surface area contributed by atoms with Crippen molar-refractivity contribution in [2.75, 3.05) is 55.1 Å². The van der Waals surface area contributed by atoms with Crippen LogP contribution in [-0.4, -0.2) is 51.4 Å². The van der Waals surface area contributed by atoms with Gasteiger partial charge in [0.2, 0.25) is 0 Å². The first kappa shape index (κ1) is 29.3. The predicted octanol–water partition coefficient (Wildman–Crippen LogP) is 6.89. The van der Waals surface area contributed by atoms with E-state index in [0.717, 1.165) is 37.6 Å². The Labute approximate surface area is 239 Å². The number of carbonyl (C=O) groups is 1. The lowest BCUT2D eigenvalue weighted by atomic mass is 10.1. The van der Waals surface area contributed by atoms with Crippen molar-refractivity contribution < 1.29 is 28.7 Å². The second kappa shape index (κ2) is 12.7. The van der Waals surface area contributed by atoms with Gasteiger partial charge in [0.05, 0.1) is 42.1 Å². The van der Waals surface area contributed by atoms with Crippen molar-refractivity contribution >= 4 is 34.5 Å². The summed E-state index contributed by atoms with van der Waals surface area (Å²) in [6.07, 6.45) is -0.703. The molecule has 41 heavy (non-hydrogen) atoms. The van der Waals surface area contributed by atoms with Crippen LogP contribution in [0.15, 0.2) is 48.5 Å². The molecular formula is C30H36N4O7. The summed E-state index contributed by atoms with van der Waals surface area (Å²) in [5, 5.41) is 11.8. The van der Waals surface area contributed by atoms with Crippen molar-refractivity contribution in [3.63, 3.8) is 0 Å². The summed E-state index contributed by atoms with van der Waals surface area (Å²) in [6, 6.07) is 14.0. The van der Waals surface area contributed by atoms with Gasteiger partial charge in [-0.2, -0.15) is 0 Å². The molecule has 3 aromatic rings. The quantitative estimate of drug-likeness (QED) is 0.182. The first-order valence-electron chi connectivity index (χ1n) is 13.6. The van der Waals surface area contributed by atoms with Crippen molar-refractivity contribution in [2.24, 2.45) is 0 Å². The van der Waals surface area contributed by atoms with Crippen molar-refractivity contribution in [2.45, 2.75) is 34.3 Å². The van der Waals surface area contributed by atoms with E-state index in [1.165, 1.54) is 31.3 Å². The summed E-state index contributed by atoms with van der Waals surface area (Å²) in [5.41, 5.74) is 2.87. The molecular weight excluding hydrogens is 528 g/mol. The highest BCUT2D eigenvalue weighted by Crippen LogP contribution is 2.49. The van der Waals surface area contributed by atoms with E-state index >= 15 is 0 Å². The molecule has 0 spiro atoms. The number of methoxy groups -OCH3 is 2. The van der Waals surface area contributed by atoms with E-state index in [1.54, 1.807) is 0 Å². The number of amides is 1. The zero-order valence-corrected chi connectivity index (χ0v) is 24.3. The Morgan fingerprint density at radius 2 is 1.32 bits per heavy atom. The van der Waals surface area contributed by atoms with Gasteiger partial charge in [0, 0.05) is 49.7 Å². The first-order valence-corrected chi connectivity index (χ1v) is 13.6. The molecule has 1 aliphatic rings. The highest BCUT2D eigenvalue weighted by atomic mass is 16.6. The standard InChI is InChI=1S/C30H36N4O7/c1-7-31(8-2)21-11-13-23-26(16-21)41-27-17-22(32(9-3)10-4)12-14-24(27)33(23)30(35)40-19-20-15-28(38-5)29(39-6)18-25(20)34(36)37/h11-18H,7-10,19H2,1-6H3. The SMILES string of the molecule is CCN(CC)c1ccc2c(c1)Oc1cc(N(CC)CC)ccc1N2C(=O)OCc1cc(OC)c(OC)cc1[N+](=O)[O-]. The smallest absolute Gasteiger partial charge is 0.419 e. The van der Waals surface area contributed by atoms with Crippen LogP contribution in [0.1, 0.15) is 33.3 Å². The second-order valence-electron chi connectivity index (χ2n) is 9.23. The zero-order valence-electron chi connectivity index (χ0n) is 24.3. The Hall–Kier alpha value is -4.67. The van der Waals surface area contributed by atoms with Gasteiger partial charge < -0.3 is 28.7 Å². The molecule has 1 aliphatic heterocycles. The fourth-order valence-electron chi connectivity index (χ4n) is 4.95. The van der Waals surface area contributed by atoms with Crippen LogP contribution in [0.25, 0.3) is 0 Å². The largest absolute Gasteiger partial charge is 0.493 e. The zero-order chi connectivity index (χ0) is 29.7. The molecule has 1 heterocycles. The van der Waals surface area contributed by atoms with Crippen LogP contribution in [0.5, 0.6) is 23.0 Å². The molecule has 218 valence electrons. The van der Waals surface area contributed by atoms with Gasteiger partial charge in [-0.05, 0) is 58.0 Å². The number of hydrogen-bond acceptors (Lipinski definition) is 9. The minimum Gasteiger partial charge on any atom is -0.493 e. The van der Waals surface area contributed by atoms with Crippen LogP contribution >= 0.6 is 0 Å². The third-order valence-electron chi connectivity index (χ3n) is 7.16. The molecule has 0 N–H and O–H groups in total. The average Bonchev–Trinajstić information content (AvgIpc) is 2.99. The Bertz CT molecular complexity index is 1360. The summed E-state index contributed by atoms with van der Waals surface area (Å²) < 4.78 is 22.6. The fraction of sp³-hybridized carbons (Fsp3) is 0.367. The molecule has 3 aromatic carbocycles. The van der Waals surface area contributed by atoms with Crippen molar-refractivity contribution in [3.8, 4) is 23.0 Å². The summed E-state index contributed by atoms with van der Waals surface area (Å²) in [6.45, 7) is 11.2. The number of hydrogen-bond donors (Lipinski definition) is 0. The molecule has 0 saturated heterocycles. The molecule has 0 fully saturated rings. The molecule has 0 aromatic heterocycles. The Morgan fingerprint density at radius 3 is 1.76 bits per heavy atom. The molecule has 0 unspecified atom stereocenters. The van der Waals surface area contributed by atoms with Crippen LogP contribution in [0.4, 0.5) is 33.2 Å². The number of fused-ring (bicyclic) bond motifs is 2. The summed E-state index contributed by atoms with van der Waals surface area (Å²) >= 11 is 0. The molecule has 0 bridgehead atoms. The summed E-state index contributed by atoms with van der Waals surface area (Å²) in [5.74, 6) is 1.51. The average molecular weight is 565 g/mol. The molecule has 0 aliphatic carbocycles. The van der Waals surface area contributed by atoms with Gasteiger partial charge >= 0.3 is 6.09 Å². The van der Waals surface area contributed by atoms with Crippen LogP contribution < -0.4 is 28.9 Å². The van der Waals surface area contributed by atoms with Crippen molar-refractivity contribution in [1.82, 2.24) is 0 Å². The third-order valence-corrected chi connectivity index (χ3v) is 7.16. The molecule has 4 rings (SSSR count). The lowest BCUT2D eigenvalue weighted by molar-refractivity contribution is -0.385. The minimum atomic E-state index is -0.703. The van der Waals surface area contributed by atoms with Gasteiger partial charge in [0.15, 0.2) is 23.0 Å². The fourth-order valence-corrected chi connectivity index (χ4v) is 4.95. The highest BCUT2D eigenvalue weighted by Gasteiger charge is 2.32. The van der Waals surface area contributed by atoms with Gasteiger partial charge in [-0.15, -0.1) is 0 Å². The monoisotopic (exact) mass is 564 g/mol. The van der Waals surface area contributed by atoms with Crippen LogP contribution in [0.3, 0.4) is 0 Å². The van der Waals surface area contributed by atoms with Gasteiger partial charge in [-0.25, -0.2) is 9.69 Å². The number of rotatable bonds is 11. The molecule has 0 saturated carbocycles. The van der Waals surface area contributed by atoms with E-state index < -0.39 is 11.0 Å². The van der Waals surface area contributed by atoms with Crippen LogP contribution in [0.2, 0.25) is 0 Å². The van der Waals surface area contributed by atoms with E-state index in [9.17, 15) is 14.9 Å². The van der Waals surface area contributed by atoms with Gasteiger partial charge in [-0.3, -0.25) is 10.1 Å². The van der Waals surface area contributed by atoms with E-state index in [1.807, 2.05) is 36.4 Å². The number of carbonyl (C=O) groups excluding carboxylic acids is 1. The van der Waals surface area contributed by atoms with Crippen molar-refractivity contribution in [1.29, 1.82) is 0 Å². The summed E-state index contributed by atoms with van der Waals surface area (Å²) in [4.78, 5) is 30.8. The van der Waals surface area contributed by atoms with Crippen molar-refractivity contribution in [3.05, 3.63) is 64.2 Å². The predicted molar refractivity (Wildman–Crippen MR) is 159 cm³/mol. The highest BCUT2D eigenvalue weighted by molar-refractivity contribution is 6.01. The van der Waals surface area contributed by atoms with Gasteiger partial charge in [-0.1, -0.05) is 0 Å². The first-order chi connectivity index (χ1) is 19.8. The Balaban J connectivity index is 1.74. The molecule has 11 nitrogen and oxygen atoms in total. The number of nitro benzene ring substituents is 1. The van der Waals surface area contributed by atoms with E-state index in [0.29, 0.717) is 28.6 Å².